The highest BCUT2D eigenvalue weighted by atomic mass is 16.5. The molecule has 1 fully saturated rings. The molecule has 0 radical (unpaired) electrons. The molecular formula is C21H23N3O2. The number of fused-ring (bicyclic) bond motifs is 1. The summed E-state index contributed by atoms with van der Waals surface area (Å²) >= 11 is 0. The SMILES string of the molecule is O=C1N=c2ccc(OCCN3CCC(Cc4ccccc4)CC3)cc2=N1. The van der Waals surface area contributed by atoms with Gasteiger partial charge in [-0.2, -0.15) is 9.98 Å². The van der Waals surface area contributed by atoms with Crippen LogP contribution in [0.25, 0.3) is 0 Å². The van der Waals surface area contributed by atoms with E-state index in [1.54, 1.807) is 12.1 Å². The van der Waals surface area contributed by atoms with Crippen LogP contribution in [0.4, 0.5) is 4.79 Å². The van der Waals surface area contributed by atoms with Crippen LogP contribution >= 0.6 is 0 Å². The van der Waals surface area contributed by atoms with Gasteiger partial charge in [0.25, 0.3) is 0 Å². The van der Waals surface area contributed by atoms with Gasteiger partial charge in [0.1, 0.15) is 12.4 Å². The summed E-state index contributed by atoms with van der Waals surface area (Å²) in [5.74, 6) is 1.53. The van der Waals surface area contributed by atoms with Crippen LogP contribution in [0.2, 0.25) is 0 Å². The molecule has 0 aliphatic carbocycles. The van der Waals surface area contributed by atoms with Crippen molar-refractivity contribution in [3.63, 3.8) is 0 Å². The molecule has 26 heavy (non-hydrogen) atoms. The lowest BCUT2D eigenvalue weighted by Gasteiger charge is -2.31. The molecule has 2 aromatic rings. The second kappa shape index (κ2) is 7.79. The fourth-order valence-corrected chi connectivity index (χ4v) is 3.66. The van der Waals surface area contributed by atoms with Gasteiger partial charge in [0.05, 0.1) is 10.7 Å². The normalized spacial score (nSPS) is 17.5. The van der Waals surface area contributed by atoms with Gasteiger partial charge in [-0.05, 0) is 56.0 Å². The highest BCUT2D eigenvalue weighted by molar-refractivity contribution is 5.77. The lowest BCUT2D eigenvalue weighted by Crippen LogP contribution is -2.37. The van der Waals surface area contributed by atoms with Gasteiger partial charge in [0.2, 0.25) is 0 Å². The topological polar surface area (TPSA) is 54.3 Å². The quantitative estimate of drug-likeness (QED) is 0.805. The van der Waals surface area contributed by atoms with Crippen molar-refractivity contribution in [2.75, 3.05) is 26.2 Å². The number of benzene rings is 2. The van der Waals surface area contributed by atoms with E-state index in [0.717, 1.165) is 31.3 Å². The van der Waals surface area contributed by atoms with Crippen LogP contribution in [0, 0.1) is 5.92 Å². The first-order valence-electron chi connectivity index (χ1n) is 9.27. The minimum Gasteiger partial charge on any atom is -0.492 e. The van der Waals surface area contributed by atoms with Gasteiger partial charge < -0.3 is 4.74 Å². The van der Waals surface area contributed by atoms with Crippen molar-refractivity contribution in [3.05, 3.63) is 64.8 Å². The molecule has 0 bridgehead atoms. The van der Waals surface area contributed by atoms with Crippen LogP contribution in [0.1, 0.15) is 18.4 Å². The zero-order valence-corrected chi connectivity index (χ0v) is 14.8. The number of carbonyl (C=O) groups is 1. The predicted molar refractivity (Wildman–Crippen MR) is 99.0 cm³/mol. The van der Waals surface area contributed by atoms with Crippen molar-refractivity contribution >= 4 is 6.03 Å². The van der Waals surface area contributed by atoms with E-state index in [4.69, 9.17) is 4.74 Å². The van der Waals surface area contributed by atoms with E-state index in [-0.39, 0.29) is 0 Å². The van der Waals surface area contributed by atoms with Gasteiger partial charge in [-0.25, -0.2) is 4.79 Å². The first-order chi connectivity index (χ1) is 12.8. The van der Waals surface area contributed by atoms with E-state index in [1.165, 1.54) is 24.8 Å². The third kappa shape index (κ3) is 4.17. The number of likely N-dealkylation sites (tertiary alicyclic amines) is 1. The number of nitrogens with zero attached hydrogens (tertiary/aromatic N) is 3. The molecule has 0 aromatic heterocycles. The number of rotatable bonds is 6. The molecule has 2 amide bonds. The summed E-state index contributed by atoms with van der Waals surface area (Å²) in [5, 5.41) is 1.23. The Morgan fingerprint density at radius 2 is 1.77 bits per heavy atom. The first-order valence-corrected chi connectivity index (χ1v) is 9.27. The molecule has 5 nitrogen and oxygen atoms in total. The number of hydrogen-bond acceptors (Lipinski definition) is 3. The summed E-state index contributed by atoms with van der Waals surface area (Å²) in [5.41, 5.74) is 1.45. The summed E-state index contributed by atoms with van der Waals surface area (Å²) in [4.78, 5) is 21.3. The van der Waals surface area contributed by atoms with Crippen molar-refractivity contribution in [2.45, 2.75) is 19.3 Å². The molecular weight excluding hydrogens is 326 g/mol. The number of hydrogen-bond donors (Lipinski definition) is 0. The minimum absolute atomic E-state index is 0.435. The lowest BCUT2D eigenvalue weighted by molar-refractivity contribution is 0.155. The fourth-order valence-electron chi connectivity index (χ4n) is 3.66. The van der Waals surface area contributed by atoms with Crippen molar-refractivity contribution in [3.8, 4) is 5.75 Å². The van der Waals surface area contributed by atoms with E-state index in [2.05, 4.69) is 45.2 Å². The lowest BCUT2D eigenvalue weighted by atomic mass is 9.90. The molecule has 134 valence electrons. The van der Waals surface area contributed by atoms with Crippen LogP contribution in [0.3, 0.4) is 0 Å². The molecule has 2 aliphatic heterocycles. The third-order valence-corrected chi connectivity index (χ3v) is 5.13. The van der Waals surface area contributed by atoms with Crippen molar-refractivity contribution in [1.29, 1.82) is 0 Å². The largest absolute Gasteiger partial charge is 0.492 e. The van der Waals surface area contributed by atoms with Gasteiger partial charge in [-0.3, -0.25) is 4.90 Å². The number of amides is 2. The molecule has 2 aliphatic rings. The van der Waals surface area contributed by atoms with Crippen LogP contribution in [0.5, 0.6) is 5.75 Å². The Morgan fingerprint density at radius 3 is 2.58 bits per heavy atom. The molecule has 0 spiro atoms. The number of urea groups is 1. The van der Waals surface area contributed by atoms with Gasteiger partial charge in [0, 0.05) is 12.6 Å². The number of piperidine rings is 1. The molecule has 5 heteroatoms. The molecule has 1 saturated heterocycles. The summed E-state index contributed by atoms with van der Waals surface area (Å²) in [6.07, 6.45) is 3.68. The van der Waals surface area contributed by atoms with Crippen molar-refractivity contribution in [2.24, 2.45) is 15.9 Å². The monoisotopic (exact) mass is 349 g/mol. The molecule has 0 saturated carbocycles. The fraction of sp³-hybridized carbons (Fsp3) is 0.381. The third-order valence-electron chi connectivity index (χ3n) is 5.13. The average molecular weight is 349 g/mol. The van der Waals surface area contributed by atoms with E-state index in [9.17, 15) is 4.79 Å². The summed E-state index contributed by atoms with van der Waals surface area (Å²) in [6.45, 7) is 3.84. The standard InChI is InChI=1S/C21H23N3O2/c25-21-22-19-7-6-18(15-20(19)23-21)26-13-12-24-10-8-17(9-11-24)14-16-4-2-1-3-5-16/h1-7,15,17H,8-14H2. The zero-order chi connectivity index (χ0) is 17.8. The van der Waals surface area contributed by atoms with E-state index in [1.807, 2.05) is 6.07 Å². The van der Waals surface area contributed by atoms with Gasteiger partial charge >= 0.3 is 6.03 Å². The Balaban J connectivity index is 1.21. The number of ether oxygens (including phenoxy) is 1. The summed E-state index contributed by atoms with van der Waals surface area (Å²) in [6, 6.07) is 15.8. The first kappa shape index (κ1) is 16.9. The maximum absolute atomic E-state index is 11.2. The second-order valence-electron chi connectivity index (χ2n) is 6.98. The summed E-state index contributed by atoms with van der Waals surface area (Å²) < 4.78 is 5.84. The number of carbonyl (C=O) groups excluding carboxylic acids is 1. The smallest absolute Gasteiger partial charge is 0.368 e. The van der Waals surface area contributed by atoms with Crippen LogP contribution in [0.15, 0.2) is 58.5 Å². The van der Waals surface area contributed by atoms with Crippen LogP contribution in [-0.4, -0.2) is 37.2 Å². The average Bonchev–Trinajstić information content (AvgIpc) is 3.03. The Hall–Kier alpha value is -2.53. The zero-order valence-electron chi connectivity index (χ0n) is 14.8. The molecule has 0 atom stereocenters. The van der Waals surface area contributed by atoms with Crippen molar-refractivity contribution in [1.82, 2.24) is 4.90 Å². The van der Waals surface area contributed by atoms with Gasteiger partial charge in [0.15, 0.2) is 0 Å². The predicted octanol–water partition coefficient (Wildman–Crippen LogP) is 2.39. The maximum Gasteiger partial charge on any atom is 0.368 e. The van der Waals surface area contributed by atoms with E-state index in [0.29, 0.717) is 17.3 Å². The van der Waals surface area contributed by atoms with Crippen LogP contribution in [-0.2, 0) is 6.42 Å². The molecule has 0 N–H and O–H groups in total. The maximum atomic E-state index is 11.2. The summed E-state index contributed by atoms with van der Waals surface area (Å²) in [7, 11) is 0. The Bertz CT molecular complexity index is 887. The van der Waals surface area contributed by atoms with Crippen LogP contribution < -0.4 is 15.5 Å². The highest BCUT2D eigenvalue weighted by Gasteiger charge is 2.19. The van der Waals surface area contributed by atoms with Crippen molar-refractivity contribution < 1.29 is 9.53 Å². The Labute approximate surface area is 153 Å². The highest BCUT2D eigenvalue weighted by Crippen LogP contribution is 2.21. The molecule has 2 heterocycles. The minimum atomic E-state index is -0.435. The van der Waals surface area contributed by atoms with Gasteiger partial charge in [-0.1, -0.05) is 30.3 Å². The second-order valence-corrected chi connectivity index (χ2v) is 6.98. The Kier molecular flexibility index (Phi) is 5.07. The Morgan fingerprint density at radius 1 is 1.00 bits per heavy atom. The molecule has 4 rings (SSSR count). The molecule has 2 aromatic carbocycles. The van der Waals surface area contributed by atoms with E-state index < -0.39 is 6.03 Å². The molecule has 0 unspecified atom stereocenters. The van der Waals surface area contributed by atoms with E-state index >= 15 is 0 Å². The van der Waals surface area contributed by atoms with Gasteiger partial charge in [-0.15, -0.1) is 0 Å².